The molecular weight excluding hydrogens is 374 g/mol. The molecule has 1 fully saturated rings. The molecule has 0 bridgehead atoms. The second-order valence-corrected chi connectivity index (χ2v) is 6.76. The molecule has 3 rings (SSSR count). The lowest BCUT2D eigenvalue weighted by molar-refractivity contribution is -0.134. The number of alkyl halides is 2. The summed E-state index contributed by atoms with van der Waals surface area (Å²) in [6.07, 6.45) is 0.878. The van der Waals surface area contributed by atoms with E-state index in [0.717, 1.165) is 17.7 Å². The third-order valence-corrected chi connectivity index (χ3v) is 4.95. The van der Waals surface area contributed by atoms with Gasteiger partial charge in [0.15, 0.2) is 0 Å². The van der Waals surface area contributed by atoms with Gasteiger partial charge >= 0.3 is 6.61 Å². The van der Waals surface area contributed by atoms with Crippen LogP contribution in [-0.4, -0.2) is 37.1 Å². The summed E-state index contributed by atoms with van der Waals surface area (Å²) in [6.45, 7) is -0.816. The molecule has 0 radical (unpaired) electrons. The minimum atomic E-state index is -2.84. The maximum atomic E-state index is 12.8. The van der Waals surface area contributed by atoms with Gasteiger partial charge in [-0.15, -0.1) is 0 Å². The van der Waals surface area contributed by atoms with Gasteiger partial charge in [-0.3, -0.25) is 4.79 Å². The van der Waals surface area contributed by atoms with Crippen molar-refractivity contribution in [3.63, 3.8) is 0 Å². The molecule has 1 heterocycles. The maximum absolute atomic E-state index is 12.8. The fourth-order valence-corrected chi connectivity index (χ4v) is 3.52. The Morgan fingerprint density at radius 2 is 1.96 bits per heavy atom. The average molecular weight is 395 g/mol. The Balaban J connectivity index is 1.63. The number of nitrogens with zero attached hydrogens (tertiary/aromatic N) is 1. The first kappa shape index (κ1) is 19.6. The number of hydrogen-bond donors (Lipinski definition) is 1. The van der Waals surface area contributed by atoms with Crippen LogP contribution in [0.3, 0.4) is 0 Å². The van der Waals surface area contributed by atoms with Crippen LogP contribution in [-0.2, 0) is 11.2 Å². The van der Waals surface area contributed by atoms with Crippen molar-refractivity contribution < 1.29 is 18.3 Å². The number of ether oxygens (including phenoxy) is 1. The van der Waals surface area contributed by atoms with Crippen molar-refractivity contribution in [2.24, 2.45) is 0 Å². The van der Waals surface area contributed by atoms with E-state index in [1.165, 1.54) is 12.1 Å². The number of carbonyl (C=O) groups excluding carboxylic acids is 1. The van der Waals surface area contributed by atoms with Gasteiger partial charge in [0.25, 0.3) is 0 Å². The lowest BCUT2D eigenvalue weighted by Gasteiger charge is -2.37. The van der Waals surface area contributed by atoms with E-state index in [-0.39, 0.29) is 17.7 Å². The zero-order valence-electron chi connectivity index (χ0n) is 14.7. The standard InChI is InChI=1S/C20H21ClF2N2O2/c21-17-4-2-1-3-16(17)18-13-24-11-12-25(18)19(26)10-7-14-5-8-15(9-6-14)27-20(22)23/h1-6,8-9,18,20,24H,7,10-13H2. The lowest BCUT2D eigenvalue weighted by Crippen LogP contribution is -2.48. The minimum absolute atomic E-state index is 0.0503. The Morgan fingerprint density at radius 3 is 2.67 bits per heavy atom. The number of amides is 1. The number of piperazine rings is 1. The smallest absolute Gasteiger partial charge is 0.387 e. The van der Waals surface area contributed by atoms with Crippen LogP contribution >= 0.6 is 11.6 Å². The second-order valence-electron chi connectivity index (χ2n) is 6.35. The van der Waals surface area contributed by atoms with Gasteiger partial charge < -0.3 is 15.0 Å². The Labute approximate surface area is 162 Å². The van der Waals surface area contributed by atoms with Gasteiger partial charge in [0.2, 0.25) is 5.91 Å². The quantitative estimate of drug-likeness (QED) is 0.803. The second kappa shape index (κ2) is 9.15. The summed E-state index contributed by atoms with van der Waals surface area (Å²) < 4.78 is 28.7. The number of carbonyl (C=O) groups is 1. The Bertz CT molecular complexity index is 771. The number of benzene rings is 2. The van der Waals surface area contributed by atoms with Crippen LogP contribution in [0.1, 0.15) is 23.6 Å². The van der Waals surface area contributed by atoms with Gasteiger partial charge in [0.05, 0.1) is 6.04 Å². The summed E-state index contributed by atoms with van der Waals surface area (Å²) in [6, 6.07) is 13.9. The molecule has 1 N–H and O–H groups in total. The lowest BCUT2D eigenvalue weighted by atomic mass is 10.0. The van der Waals surface area contributed by atoms with Crippen molar-refractivity contribution in [2.75, 3.05) is 19.6 Å². The molecule has 0 aliphatic carbocycles. The van der Waals surface area contributed by atoms with Gasteiger partial charge in [0, 0.05) is 31.1 Å². The summed E-state index contributed by atoms with van der Waals surface area (Å²) in [4.78, 5) is 14.7. The van der Waals surface area contributed by atoms with Crippen molar-refractivity contribution in [3.8, 4) is 5.75 Å². The van der Waals surface area contributed by atoms with Gasteiger partial charge in [-0.25, -0.2) is 0 Å². The van der Waals surface area contributed by atoms with Crippen LogP contribution in [0.5, 0.6) is 5.75 Å². The van der Waals surface area contributed by atoms with E-state index in [1.807, 2.05) is 29.2 Å². The number of rotatable bonds is 6. The highest BCUT2D eigenvalue weighted by molar-refractivity contribution is 6.31. The Hall–Kier alpha value is -2.18. The van der Waals surface area contributed by atoms with Crippen molar-refractivity contribution >= 4 is 17.5 Å². The van der Waals surface area contributed by atoms with E-state index in [9.17, 15) is 13.6 Å². The third kappa shape index (κ3) is 5.17. The molecule has 2 aromatic carbocycles. The molecule has 0 saturated carbocycles. The molecule has 2 aromatic rings. The number of aryl methyl sites for hydroxylation is 1. The molecule has 0 aromatic heterocycles. The molecule has 1 aliphatic heterocycles. The summed E-state index contributed by atoms with van der Waals surface area (Å²) in [5.41, 5.74) is 1.84. The number of hydrogen-bond acceptors (Lipinski definition) is 3. The fraction of sp³-hybridized carbons (Fsp3) is 0.350. The largest absolute Gasteiger partial charge is 0.435 e. The number of nitrogens with one attached hydrogen (secondary N) is 1. The molecular formula is C20H21ClF2N2O2. The molecule has 1 aliphatic rings. The molecule has 1 atom stereocenters. The van der Waals surface area contributed by atoms with Gasteiger partial charge in [0.1, 0.15) is 5.75 Å². The van der Waals surface area contributed by atoms with Gasteiger partial charge in [-0.1, -0.05) is 41.9 Å². The highest BCUT2D eigenvalue weighted by atomic mass is 35.5. The van der Waals surface area contributed by atoms with Crippen LogP contribution in [0.25, 0.3) is 0 Å². The molecule has 1 unspecified atom stereocenters. The van der Waals surface area contributed by atoms with Crippen LogP contribution in [0.4, 0.5) is 8.78 Å². The van der Waals surface area contributed by atoms with E-state index < -0.39 is 6.61 Å². The Kier molecular flexibility index (Phi) is 6.63. The SMILES string of the molecule is O=C(CCc1ccc(OC(F)F)cc1)N1CCNCC1c1ccccc1Cl. The highest BCUT2D eigenvalue weighted by Gasteiger charge is 2.28. The van der Waals surface area contributed by atoms with E-state index in [0.29, 0.717) is 31.0 Å². The third-order valence-electron chi connectivity index (χ3n) is 4.60. The van der Waals surface area contributed by atoms with Crippen LogP contribution in [0.15, 0.2) is 48.5 Å². The predicted molar refractivity (Wildman–Crippen MR) is 100 cm³/mol. The van der Waals surface area contributed by atoms with Crippen molar-refractivity contribution in [1.82, 2.24) is 10.2 Å². The molecule has 4 nitrogen and oxygen atoms in total. The zero-order valence-corrected chi connectivity index (χ0v) is 15.5. The summed E-state index contributed by atoms with van der Waals surface area (Å²) in [5, 5.41) is 3.96. The summed E-state index contributed by atoms with van der Waals surface area (Å²) in [5.74, 6) is 0.162. The molecule has 0 spiro atoms. The van der Waals surface area contributed by atoms with E-state index in [1.54, 1.807) is 12.1 Å². The Morgan fingerprint density at radius 1 is 1.22 bits per heavy atom. The topological polar surface area (TPSA) is 41.6 Å². The van der Waals surface area contributed by atoms with E-state index >= 15 is 0 Å². The first-order chi connectivity index (χ1) is 13.0. The first-order valence-corrected chi connectivity index (χ1v) is 9.21. The average Bonchev–Trinajstić information content (AvgIpc) is 2.67. The minimum Gasteiger partial charge on any atom is -0.435 e. The molecule has 1 saturated heterocycles. The number of halogens is 3. The van der Waals surface area contributed by atoms with Crippen LogP contribution in [0, 0.1) is 0 Å². The zero-order chi connectivity index (χ0) is 19.2. The predicted octanol–water partition coefficient (Wildman–Crippen LogP) is 4.05. The van der Waals surface area contributed by atoms with Crippen LogP contribution in [0.2, 0.25) is 5.02 Å². The van der Waals surface area contributed by atoms with Crippen LogP contribution < -0.4 is 10.1 Å². The molecule has 7 heteroatoms. The monoisotopic (exact) mass is 394 g/mol. The van der Waals surface area contributed by atoms with E-state index in [4.69, 9.17) is 11.6 Å². The first-order valence-electron chi connectivity index (χ1n) is 8.83. The summed E-state index contributed by atoms with van der Waals surface area (Å²) >= 11 is 6.32. The fourth-order valence-electron chi connectivity index (χ4n) is 3.26. The van der Waals surface area contributed by atoms with E-state index in [2.05, 4.69) is 10.1 Å². The maximum Gasteiger partial charge on any atom is 0.387 e. The normalized spacial score (nSPS) is 17.2. The van der Waals surface area contributed by atoms with Crippen molar-refractivity contribution in [1.29, 1.82) is 0 Å². The molecule has 144 valence electrons. The molecule has 27 heavy (non-hydrogen) atoms. The molecule has 1 amide bonds. The van der Waals surface area contributed by atoms with Gasteiger partial charge in [-0.2, -0.15) is 8.78 Å². The van der Waals surface area contributed by atoms with Gasteiger partial charge in [-0.05, 0) is 35.7 Å². The highest BCUT2D eigenvalue weighted by Crippen LogP contribution is 2.29. The van der Waals surface area contributed by atoms with Crippen molar-refractivity contribution in [3.05, 3.63) is 64.7 Å². The summed E-state index contributed by atoms with van der Waals surface area (Å²) in [7, 11) is 0. The van der Waals surface area contributed by atoms with Crippen molar-refractivity contribution in [2.45, 2.75) is 25.5 Å².